The van der Waals surface area contributed by atoms with Crippen LogP contribution in [0, 0.1) is 0 Å². The normalized spacial score (nSPS) is 13.9. The zero-order valence-corrected chi connectivity index (χ0v) is 17.3. The molecule has 4 heteroatoms. The van der Waals surface area contributed by atoms with Crippen molar-refractivity contribution < 1.29 is 0 Å². The van der Waals surface area contributed by atoms with E-state index in [0.717, 1.165) is 12.8 Å². The molecule has 116 valence electrons. The highest BCUT2D eigenvalue weighted by Gasteiger charge is 2.27. The van der Waals surface area contributed by atoms with Crippen LogP contribution >= 0.6 is 54.5 Å². The van der Waals surface area contributed by atoms with Gasteiger partial charge in [0.25, 0.3) is 0 Å². The third-order valence-corrected chi connectivity index (χ3v) is 8.57. The first-order valence-electron chi connectivity index (χ1n) is 7.83. The Balaban J connectivity index is 1.78. The van der Waals surface area contributed by atoms with Gasteiger partial charge in [-0.2, -0.15) is 0 Å². The first-order chi connectivity index (χ1) is 11.7. The predicted octanol–water partition coefficient (Wildman–Crippen LogP) is 7.63. The topological polar surface area (TPSA) is 0 Å². The molecule has 4 aromatic rings. The Morgan fingerprint density at radius 2 is 1.08 bits per heavy atom. The van der Waals surface area contributed by atoms with E-state index >= 15 is 0 Å². The Kier molecular flexibility index (Phi) is 2.86. The fourth-order valence-corrected chi connectivity index (χ4v) is 7.63. The lowest BCUT2D eigenvalue weighted by Crippen LogP contribution is -2.04. The third kappa shape index (κ3) is 1.78. The third-order valence-electron chi connectivity index (χ3n) is 5.14. The Morgan fingerprint density at radius 1 is 0.625 bits per heavy atom. The van der Waals surface area contributed by atoms with Gasteiger partial charge in [-0.15, -0.1) is 22.7 Å². The van der Waals surface area contributed by atoms with Gasteiger partial charge in [-0.3, -0.25) is 0 Å². The second-order valence-corrected chi connectivity index (χ2v) is 11.3. The van der Waals surface area contributed by atoms with Crippen molar-refractivity contribution in [3.05, 3.63) is 66.2 Å². The number of hydrogen-bond donors (Lipinski definition) is 0. The highest BCUT2D eigenvalue weighted by Crippen LogP contribution is 2.51. The minimum Gasteiger partial charge on any atom is -0.128 e. The van der Waals surface area contributed by atoms with Crippen molar-refractivity contribution in [2.75, 3.05) is 0 Å². The van der Waals surface area contributed by atoms with Gasteiger partial charge in [-0.05, 0) is 89.9 Å². The van der Waals surface area contributed by atoms with Gasteiger partial charge in [-0.25, -0.2) is 0 Å². The maximum atomic E-state index is 3.68. The van der Waals surface area contributed by atoms with Gasteiger partial charge in [0.2, 0.25) is 0 Å². The van der Waals surface area contributed by atoms with E-state index in [1.54, 1.807) is 0 Å². The van der Waals surface area contributed by atoms with Crippen LogP contribution in [0.4, 0.5) is 0 Å². The Morgan fingerprint density at radius 3 is 1.54 bits per heavy atom. The van der Waals surface area contributed by atoms with E-state index in [2.05, 4.69) is 68.3 Å². The molecular formula is C20H10Br2S2. The Hall–Kier alpha value is -0.940. The van der Waals surface area contributed by atoms with E-state index in [1.807, 2.05) is 22.7 Å². The van der Waals surface area contributed by atoms with Crippen LogP contribution in [0.5, 0.6) is 0 Å². The summed E-state index contributed by atoms with van der Waals surface area (Å²) in [6.45, 7) is 0. The minimum absolute atomic E-state index is 1.05. The lowest BCUT2D eigenvalue weighted by molar-refractivity contribution is 1.19. The molecule has 0 bridgehead atoms. The van der Waals surface area contributed by atoms with E-state index in [0.29, 0.717) is 0 Å². The molecule has 0 nitrogen and oxygen atoms in total. The average molecular weight is 474 g/mol. The molecule has 0 amide bonds. The van der Waals surface area contributed by atoms with E-state index in [-0.39, 0.29) is 0 Å². The summed E-state index contributed by atoms with van der Waals surface area (Å²) in [7, 11) is 0. The summed E-state index contributed by atoms with van der Waals surface area (Å²) < 4.78 is 2.46. The number of thiophene rings is 2. The fourth-order valence-electron chi connectivity index (χ4n) is 4.23. The molecule has 0 aliphatic heterocycles. The highest BCUT2D eigenvalue weighted by molar-refractivity contribution is 9.11. The molecule has 0 radical (unpaired) electrons. The predicted molar refractivity (Wildman–Crippen MR) is 112 cm³/mol. The molecule has 6 rings (SSSR count). The van der Waals surface area contributed by atoms with E-state index in [4.69, 9.17) is 0 Å². The van der Waals surface area contributed by atoms with Crippen LogP contribution in [0.2, 0.25) is 0 Å². The summed E-state index contributed by atoms with van der Waals surface area (Å²) >= 11 is 11.1. The van der Waals surface area contributed by atoms with Crippen LogP contribution in [0.15, 0.2) is 44.0 Å². The van der Waals surface area contributed by atoms with Gasteiger partial charge in [-0.1, -0.05) is 24.3 Å². The summed E-state index contributed by atoms with van der Waals surface area (Å²) in [5, 5.41) is 2.98. The van der Waals surface area contributed by atoms with Gasteiger partial charge >= 0.3 is 0 Å². The molecule has 0 fully saturated rings. The van der Waals surface area contributed by atoms with Gasteiger partial charge < -0.3 is 0 Å². The van der Waals surface area contributed by atoms with Gasteiger partial charge in [0.05, 0.1) is 7.57 Å². The molecular weight excluding hydrogens is 464 g/mol. The molecule has 0 spiro atoms. The average Bonchev–Trinajstić information content (AvgIpc) is 3.12. The van der Waals surface area contributed by atoms with E-state index in [9.17, 15) is 0 Å². The molecule has 0 unspecified atom stereocenters. The number of fused-ring (bicyclic) bond motifs is 4. The SMILES string of the molecule is Brc1cc2c(s1)-c1ccc3c4c(ccc(c14)C2)-c1sc(Br)cc1C3. The largest absolute Gasteiger partial charge is 0.128 e. The van der Waals surface area contributed by atoms with E-state index in [1.165, 1.54) is 61.5 Å². The molecule has 0 saturated heterocycles. The van der Waals surface area contributed by atoms with E-state index < -0.39 is 0 Å². The van der Waals surface area contributed by atoms with Crippen LogP contribution in [-0.4, -0.2) is 0 Å². The second-order valence-electron chi connectivity index (χ2n) is 6.46. The maximum Gasteiger partial charge on any atom is 0.0708 e. The Bertz CT molecular complexity index is 1090. The van der Waals surface area contributed by atoms with Crippen LogP contribution in [0.1, 0.15) is 22.3 Å². The molecule has 2 aliphatic rings. The number of halogens is 2. The smallest absolute Gasteiger partial charge is 0.0708 e. The van der Waals surface area contributed by atoms with Crippen LogP contribution < -0.4 is 0 Å². The van der Waals surface area contributed by atoms with Crippen LogP contribution in [0.3, 0.4) is 0 Å². The molecule has 2 heterocycles. The number of hydrogen-bond acceptors (Lipinski definition) is 2. The standard InChI is InChI=1S/C20H10Br2S2/c21-15-7-11-5-9-1-3-13-18-10(6-12-8-16(22)23-19(12)13)2-4-14(17(9)18)20(11)24-15/h1-4,7-8H,5-6H2. The first kappa shape index (κ1) is 14.3. The van der Waals surface area contributed by atoms with Crippen molar-refractivity contribution in [1.29, 1.82) is 0 Å². The highest BCUT2D eigenvalue weighted by atomic mass is 79.9. The number of benzene rings is 2. The van der Waals surface area contributed by atoms with Crippen molar-refractivity contribution in [3.8, 4) is 20.9 Å². The summed E-state index contributed by atoms with van der Waals surface area (Å²) in [6, 6.07) is 14.0. The molecule has 0 N–H and O–H groups in total. The lowest BCUT2D eigenvalue weighted by atomic mass is 9.81. The monoisotopic (exact) mass is 472 g/mol. The zero-order chi connectivity index (χ0) is 16.0. The summed E-state index contributed by atoms with van der Waals surface area (Å²) in [4.78, 5) is 2.88. The van der Waals surface area contributed by atoms with Gasteiger partial charge in [0.1, 0.15) is 0 Å². The van der Waals surface area contributed by atoms with Crippen LogP contribution in [0.25, 0.3) is 31.7 Å². The Labute approximate surface area is 164 Å². The maximum absolute atomic E-state index is 3.68. The molecule has 2 aromatic heterocycles. The molecule has 2 aliphatic carbocycles. The summed E-state index contributed by atoms with van der Waals surface area (Å²) in [5.74, 6) is 0. The van der Waals surface area contributed by atoms with Crippen molar-refractivity contribution in [3.63, 3.8) is 0 Å². The fraction of sp³-hybridized carbons (Fsp3) is 0.100. The first-order valence-corrected chi connectivity index (χ1v) is 11.1. The van der Waals surface area contributed by atoms with Crippen molar-refractivity contribution in [1.82, 2.24) is 0 Å². The van der Waals surface area contributed by atoms with Gasteiger partial charge in [0, 0.05) is 20.9 Å². The van der Waals surface area contributed by atoms with Crippen molar-refractivity contribution in [2.45, 2.75) is 12.8 Å². The zero-order valence-electron chi connectivity index (χ0n) is 12.5. The van der Waals surface area contributed by atoms with Crippen molar-refractivity contribution in [2.24, 2.45) is 0 Å². The molecule has 2 aromatic carbocycles. The lowest BCUT2D eigenvalue weighted by Gasteiger charge is -2.24. The minimum atomic E-state index is 1.05. The summed E-state index contributed by atoms with van der Waals surface area (Å²) in [5.41, 5.74) is 8.70. The van der Waals surface area contributed by atoms with Crippen molar-refractivity contribution >= 4 is 65.3 Å². The molecule has 24 heavy (non-hydrogen) atoms. The van der Waals surface area contributed by atoms with Gasteiger partial charge in [0.15, 0.2) is 0 Å². The second kappa shape index (κ2) is 4.82. The summed E-state index contributed by atoms with van der Waals surface area (Å²) in [6.07, 6.45) is 2.09. The quantitative estimate of drug-likeness (QED) is 0.212. The molecule has 0 atom stereocenters. The molecule has 0 saturated carbocycles. The van der Waals surface area contributed by atoms with Crippen LogP contribution in [-0.2, 0) is 12.8 Å². The number of rotatable bonds is 0.